The summed E-state index contributed by atoms with van der Waals surface area (Å²) in [7, 11) is -0.0362. The van der Waals surface area contributed by atoms with E-state index in [0.29, 0.717) is 23.2 Å². The molecule has 8 heteroatoms. The SMILES string of the molecule is CN(C)CCN(c1ccccc1)S(=O)(=O)c1cc(Br)cnc1Cl. The van der Waals surface area contributed by atoms with Gasteiger partial charge in [-0.1, -0.05) is 29.8 Å². The average molecular weight is 419 g/mol. The number of para-hydroxylation sites is 1. The van der Waals surface area contributed by atoms with E-state index in [0.717, 1.165) is 0 Å². The van der Waals surface area contributed by atoms with E-state index in [1.54, 1.807) is 24.3 Å². The first kappa shape index (κ1) is 18.2. The molecule has 1 heterocycles. The Balaban J connectivity index is 2.50. The molecule has 2 rings (SSSR count). The lowest BCUT2D eigenvalue weighted by Gasteiger charge is -2.26. The lowest BCUT2D eigenvalue weighted by atomic mass is 10.3. The first-order chi connectivity index (χ1) is 10.8. The van der Waals surface area contributed by atoms with Gasteiger partial charge in [-0.15, -0.1) is 0 Å². The number of aromatic nitrogens is 1. The fraction of sp³-hybridized carbons (Fsp3) is 0.267. The van der Waals surface area contributed by atoms with E-state index < -0.39 is 10.0 Å². The van der Waals surface area contributed by atoms with Crippen LogP contribution in [0.4, 0.5) is 5.69 Å². The molecule has 124 valence electrons. The number of pyridine rings is 1. The molecule has 0 aliphatic carbocycles. The normalized spacial score (nSPS) is 11.7. The van der Waals surface area contributed by atoms with Crippen molar-refractivity contribution in [2.75, 3.05) is 31.5 Å². The number of rotatable bonds is 6. The summed E-state index contributed by atoms with van der Waals surface area (Å²) in [5.41, 5.74) is 0.588. The van der Waals surface area contributed by atoms with Crippen LogP contribution in [0.2, 0.25) is 5.15 Å². The number of nitrogens with zero attached hydrogens (tertiary/aromatic N) is 3. The zero-order valence-corrected chi connectivity index (χ0v) is 15.9. The molecule has 0 amide bonds. The van der Waals surface area contributed by atoms with Crippen LogP contribution in [0, 0.1) is 0 Å². The van der Waals surface area contributed by atoms with E-state index in [4.69, 9.17) is 11.6 Å². The van der Waals surface area contributed by atoms with E-state index >= 15 is 0 Å². The fourth-order valence-corrected chi connectivity index (χ4v) is 4.36. The van der Waals surface area contributed by atoms with Crippen molar-refractivity contribution in [3.63, 3.8) is 0 Å². The lowest BCUT2D eigenvalue weighted by Crippen LogP contribution is -2.37. The summed E-state index contributed by atoms with van der Waals surface area (Å²) < 4.78 is 28.1. The smallest absolute Gasteiger partial charge is 0.267 e. The largest absolute Gasteiger partial charge is 0.308 e. The molecule has 0 bridgehead atoms. The Morgan fingerprint density at radius 2 is 1.83 bits per heavy atom. The Bertz CT molecular complexity index is 770. The molecule has 0 aliphatic rings. The predicted molar refractivity (Wildman–Crippen MR) is 96.5 cm³/mol. The number of hydrogen-bond acceptors (Lipinski definition) is 4. The lowest BCUT2D eigenvalue weighted by molar-refractivity contribution is 0.419. The average Bonchev–Trinajstić information content (AvgIpc) is 2.50. The molecule has 0 N–H and O–H groups in total. The van der Waals surface area contributed by atoms with Crippen LogP contribution in [0.15, 0.2) is 52.0 Å². The predicted octanol–water partition coefficient (Wildman–Crippen LogP) is 3.25. The standard InChI is InChI=1S/C15H17BrClN3O2S/c1-19(2)8-9-20(13-6-4-3-5-7-13)23(21,22)14-10-12(16)11-18-15(14)17/h3-7,10-11H,8-9H2,1-2H3. The van der Waals surface area contributed by atoms with Crippen LogP contribution in [0.3, 0.4) is 0 Å². The maximum Gasteiger partial charge on any atom is 0.267 e. The number of likely N-dealkylation sites (N-methyl/N-ethyl adjacent to an activating group) is 1. The summed E-state index contributed by atoms with van der Waals surface area (Å²) in [4.78, 5) is 5.82. The quantitative estimate of drug-likeness (QED) is 0.676. The van der Waals surface area contributed by atoms with E-state index in [1.165, 1.54) is 16.6 Å². The molecule has 5 nitrogen and oxygen atoms in total. The molecule has 0 spiro atoms. The van der Waals surface area contributed by atoms with Crippen molar-refractivity contribution in [2.24, 2.45) is 0 Å². The van der Waals surface area contributed by atoms with Gasteiger partial charge in [0, 0.05) is 23.8 Å². The molecule has 0 aliphatic heterocycles. The Morgan fingerprint density at radius 1 is 1.17 bits per heavy atom. The van der Waals surface area contributed by atoms with Crippen molar-refractivity contribution < 1.29 is 8.42 Å². The Hall–Kier alpha value is -1.15. The minimum absolute atomic E-state index is 0.0175. The van der Waals surface area contributed by atoms with Gasteiger partial charge in [-0.3, -0.25) is 4.31 Å². The maximum atomic E-state index is 13.1. The summed E-state index contributed by atoms with van der Waals surface area (Å²) >= 11 is 9.27. The van der Waals surface area contributed by atoms with Gasteiger partial charge in [0.1, 0.15) is 10.0 Å². The van der Waals surface area contributed by atoms with Crippen LogP contribution >= 0.6 is 27.5 Å². The van der Waals surface area contributed by atoms with Gasteiger partial charge < -0.3 is 4.90 Å². The third-order valence-electron chi connectivity index (χ3n) is 3.14. The molecule has 2 aromatic rings. The van der Waals surface area contributed by atoms with E-state index in [-0.39, 0.29) is 10.0 Å². The molecule has 0 radical (unpaired) electrons. The molecule has 1 aromatic heterocycles. The van der Waals surface area contributed by atoms with Crippen LogP contribution < -0.4 is 4.31 Å². The molecule has 0 atom stereocenters. The van der Waals surface area contributed by atoms with Crippen molar-refractivity contribution in [2.45, 2.75) is 4.90 Å². The molecule has 0 saturated heterocycles. The monoisotopic (exact) mass is 417 g/mol. The van der Waals surface area contributed by atoms with Gasteiger partial charge in [-0.25, -0.2) is 13.4 Å². The first-order valence-electron chi connectivity index (χ1n) is 6.86. The molecular weight excluding hydrogens is 402 g/mol. The molecule has 0 unspecified atom stereocenters. The highest BCUT2D eigenvalue weighted by Crippen LogP contribution is 2.29. The number of hydrogen-bond donors (Lipinski definition) is 0. The van der Waals surface area contributed by atoms with Crippen molar-refractivity contribution in [1.82, 2.24) is 9.88 Å². The molecule has 0 fully saturated rings. The third kappa shape index (κ3) is 4.44. The van der Waals surface area contributed by atoms with E-state index in [1.807, 2.05) is 25.1 Å². The number of anilines is 1. The molecular formula is C15H17BrClN3O2S. The van der Waals surface area contributed by atoms with Crippen molar-refractivity contribution in [3.05, 3.63) is 52.2 Å². The van der Waals surface area contributed by atoms with Gasteiger partial charge in [-0.05, 0) is 48.2 Å². The summed E-state index contributed by atoms with van der Waals surface area (Å²) in [5, 5.41) is -0.0426. The first-order valence-corrected chi connectivity index (χ1v) is 9.47. The summed E-state index contributed by atoms with van der Waals surface area (Å²) in [6.07, 6.45) is 1.47. The highest BCUT2D eigenvalue weighted by atomic mass is 79.9. The van der Waals surface area contributed by atoms with Crippen molar-refractivity contribution in [3.8, 4) is 0 Å². The van der Waals surface area contributed by atoms with Gasteiger partial charge in [-0.2, -0.15) is 0 Å². The second-order valence-electron chi connectivity index (χ2n) is 5.16. The van der Waals surface area contributed by atoms with Gasteiger partial charge >= 0.3 is 0 Å². The topological polar surface area (TPSA) is 53.5 Å². The van der Waals surface area contributed by atoms with Crippen LogP contribution in [0.25, 0.3) is 0 Å². The van der Waals surface area contributed by atoms with Gasteiger partial charge in [0.05, 0.1) is 5.69 Å². The zero-order chi connectivity index (χ0) is 17.0. The number of benzene rings is 1. The van der Waals surface area contributed by atoms with Crippen LogP contribution in [-0.2, 0) is 10.0 Å². The Kier molecular flexibility index (Phi) is 6.02. The van der Waals surface area contributed by atoms with Gasteiger partial charge in [0.25, 0.3) is 10.0 Å². The highest BCUT2D eigenvalue weighted by molar-refractivity contribution is 9.10. The number of halogens is 2. The van der Waals surface area contributed by atoms with Crippen molar-refractivity contribution in [1.29, 1.82) is 0 Å². The zero-order valence-electron chi connectivity index (χ0n) is 12.8. The maximum absolute atomic E-state index is 13.1. The van der Waals surface area contributed by atoms with Crippen LogP contribution in [0.1, 0.15) is 0 Å². The Morgan fingerprint density at radius 3 is 2.43 bits per heavy atom. The van der Waals surface area contributed by atoms with E-state index in [2.05, 4.69) is 20.9 Å². The van der Waals surface area contributed by atoms with Crippen molar-refractivity contribution >= 4 is 43.2 Å². The minimum Gasteiger partial charge on any atom is -0.308 e. The van der Waals surface area contributed by atoms with E-state index in [9.17, 15) is 8.42 Å². The Labute approximate surface area is 150 Å². The highest BCUT2D eigenvalue weighted by Gasteiger charge is 2.28. The van der Waals surface area contributed by atoms with Crippen LogP contribution in [-0.4, -0.2) is 45.5 Å². The second-order valence-corrected chi connectivity index (χ2v) is 8.26. The fourth-order valence-electron chi connectivity index (χ4n) is 1.98. The van der Waals surface area contributed by atoms with Gasteiger partial charge in [0.2, 0.25) is 0 Å². The summed E-state index contributed by atoms with van der Waals surface area (Å²) in [5.74, 6) is 0. The third-order valence-corrected chi connectivity index (χ3v) is 5.82. The molecule has 1 aromatic carbocycles. The van der Waals surface area contributed by atoms with Gasteiger partial charge in [0.15, 0.2) is 0 Å². The summed E-state index contributed by atoms with van der Waals surface area (Å²) in [6.45, 7) is 0.884. The summed E-state index contributed by atoms with van der Waals surface area (Å²) in [6, 6.07) is 10.4. The van der Waals surface area contributed by atoms with Crippen LogP contribution in [0.5, 0.6) is 0 Å². The minimum atomic E-state index is -3.82. The molecule has 0 saturated carbocycles. The second kappa shape index (κ2) is 7.61. The number of sulfonamides is 1. The molecule has 23 heavy (non-hydrogen) atoms.